The number of amides is 1. The summed E-state index contributed by atoms with van der Waals surface area (Å²) in [6.07, 6.45) is 2.02. The minimum Gasteiger partial charge on any atom is -0.352 e. The molecular formula is C19H19Cl2FN2O. The Hall–Kier alpha value is -1.62. The van der Waals surface area contributed by atoms with E-state index in [0.29, 0.717) is 10.6 Å². The molecule has 3 rings (SSSR count). The van der Waals surface area contributed by atoms with Crippen LogP contribution in [0.15, 0.2) is 42.5 Å². The minimum atomic E-state index is -0.549. The van der Waals surface area contributed by atoms with Crippen molar-refractivity contribution in [1.29, 1.82) is 0 Å². The Morgan fingerprint density at radius 3 is 2.48 bits per heavy atom. The fourth-order valence-electron chi connectivity index (χ4n) is 2.69. The molecule has 0 aliphatic heterocycles. The second-order valence-electron chi connectivity index (χ2n) is 6.30. The van der Waals surface area contributed by atoms with Gasteiger partial charge in [-0.3, -0.25) is 10.1 Å². The lowest BCUT2D eigenvalue weighted by atomic mass is 10.0. The molecule has 1 saturated carbocycles. The van der Waals surface area contributed by atoms with Crippen LogP contribution < -0.4 is 10.6 Å². The lowest BCUT2D eigenvalue weighted by Gasteiger charge is -2.24. The van der Waals surface area contributed by atoms with Gasteiger partial charge in [0.05, 0.1) is 5.02 Å². The van der Waals surface area contributed by atoms with Gasteiger partial charge in [-0.05, 0) is 43.0 Å². The van der Waals surface area contributed by atoms with Crippen LogP contribution >= 0.6 is 23.2 Å². The summed E-state index contributed by atoms with van der Waals surface area (Å²) < 4.78 is 13.8. The van der Waals surface area contributed by atoms with E-state index in [1.807, 2.05) is 37.3 Å². The Morgan fingerprint density at radius 2 is 1.84 bits per heavy atom. The van der Waals surface area contributed by atoms with Crippen molar-refractivity contribution in [2.45, 2.75) is 37.9 Å². The molecule has 1 aliphatic carbocycles. The van der Waals surface area contributed by atoms with Gasteiger partial charge >= 0.3 is 0 Å². The maximum atomic E-state index is 13.8. The van der Waals surface area contributed by atoms with Gasteiger partial charge in [0.25, 0.3) is 0 Å². The van der Waals surface area contributed by atoms with E-state index in [2.05, 4.69) is 10.6 Å². The van der Waals surface area contributed by atoms with E-state index >= 15 is 0 Å². The molecule has 0 saturated heterocycles. The number of hydrogen-bond donors (Lipinski definition) is 2. The second-order valence-corrected chi connectivity index (χ2v) is 7.12. The zero-order valence-corrected chi connectivity index (χ0v) is 15.2. The van der Waals surface area contributed by atoms with Gasteiger partial charge in [0, 0.05) is 17.1 Å². The van der Waals surface area contributed by atoms with Crippen LogP contribution in [0.5, 0.6) is 0 Å². The molecule has 2 aromatic carbocycles. The quantitative estimate of drug-likeness (QED) is 0.706. The third kappa shape index (κ3) is 4.51. The molecule has 1 amide bonds. The first-order valence-electron chi connectivity index (χ1n) is 8.21. The highest BCUT2D eigenvalue weighted by Crippen LogP contribution is 2.30. The zero-order valence-electron chi connectivity index (χ0n) is 13.7. The van der Waals surface area contributed by atoms with Crippen LogP contribution in [0.1, 0.15) is 43.0 Å². The number of nitrogens with one attached hydrogen (secondary N) is 2. The first-order chi connectivity index (χ1) is 12.0. The summed E-state index contributed by atoms with van der Waals surface area (Å²) in [6.45, 7) is 1.84. The number of hydrogen-bond acceptors (Lipinski definition) is 2. The van der Waals surface area contributed by atoms with Crippen molar-refractivity contribution in [3.63, 3.8) is 0 Å². The Bertz CT molecular complexity index is 766. The van der Waals surface area contributed by atoms with Gasteiger partial charge in [-0.15, -0.1) is 0 Å². The number of rotatable bonds is 6. The van der Waals surface area contributed by atoms with E-state index in [9.17, 15) is 9.18 Å². The monoisotopic (exact) mass is 380 g/mol. The molecular weight excluding hydrogens is 362 g/mol. The van der Waals surface area contributed by atoms with Gasteiger partial charge in [-0.25, -0.2) is 4.39 Å². The van der Waals surface area contributed by atoms with Crippen LogP contribution in [-0.2, 0) is 4.79 Å². The molecule has 2 atom stereocenters. The van der Waals surface area contributed by atoms with Crippen LogP contribution in [-0.4, -0.2) is 11.9 Å². The largest absolute Gasteiger partial charge is 0.352 e. The van der Waals surface area contributed by atoms with Crippen LogP contribution in [0, 0.1) is 5.82 Å². The molecule has 25 heavy (non-hydrogen) atoms. The molecule has 0 radical (unpaired) electrons. The van der Waals surface area contributed by atoms with Crippen molar-refractivity contribution in [3.8, 4) is 0 Å². The molecule has 0 bridgehead atoms. The lowest BCUT2D eigenvalue weighted by molar-refractivity contribution is -0.123. The standard InChI is InChI=1S/C19H19Cl2FN2O/c1-11(14-9-17(22)16(21)10-15(14)20)23-18(12-5-3-2-4-6-12)19(25)24-13-7-8-13/h2-6,9-11,13,18,23H,7-8H2,1H3,(H,24,25)/t11-,18-/m0/s1. The van der Waals surface area contributed by atoms with Crippen LogP contribution in [0.25, 0.3) is 0 Å². The Kier molecular flexibility index (Phi) is 5.62. The van der Waals surface area contributed by atoms with Gasteiger partial charge in [-0.2, -0.15) is 0 Å². The van der Waals surface area contributed by atoms with E-state index < -0.39 is 11.9 Å². The predicted octanol–water partition coefficient (Wildman–Crippen LogP) is 4.80. The summed E-state index contributed by atoms with van der Waals surface area (Å²) in [5.74, 6) is -0.625. The summed E-state index contributed by atoms with van der Waals surface area (Å²) in [7, 11) is 0. The van der Waals surface area contributed by atoms with Gasteiger partial charge in [0.1, 0.15) is 11.9 Å². The second kappa shape index (κ2) is 7.73. The van der Waals surface area contributed by atoms with Crippen LogP contribution in [0.2, 0.25) is 10.0 Å². The van der Waals surface area contributed by atoms with Gasteiger partial charge in [0.2, 0.25) is 5.91 Å². The van der Waals surface area contributed by atoms with Crippen molar-refractivity contribution in [2.24, 2.45) is 0 Å². The number of halogens is 3. The third-order valence-corrected chi connectivity index (χ3v) is 4.86. The first kappa shape index (κ1) is 18.2. The zero-order chi connectivity index (χ0) is 18.0. The molecule has 0 heterocycles. The maximum Gasteiger partial charge on any atom is 0.241 e. The molecule has 0 aromatic heterocycles. The van der Waals surface area contributed by atoms with Crippen LogP contribution in [0.4, 0.5) is 4.39 Å². The van der Waals surface area contributed by atoms with Gasteiger partial charge in [-0.1, -0.05) is 53.5 Å². The van der Waals surface area contributed by atoms with Crippen molar-refractivity contribution >= 4 is 29.1 Å². The number of carbonyl (C=O) groups excluding carboxylic acids is 1. The SMILES string of the molecule is C[C@H](N[C@H](C(=O)NC1CC1)c1ccccc1)c1cc(F)c(Cl)cc1Cl. The van der Waals surface area contributed by atoms with E-state index in [4.69, 9.17) is 23.2 Å². The predicted molar refractivity (Wildman–Crippen MR) is 98.3 cm³/mol. The first-order valence-corrected chi connectivity index (χ1v) is 8.97. The van der Waals surface area contributed by atoms with E-state index in [1.54, 1.807) is 0 Å². The molecule has 3 nitrogen and oxygen atoms in total. The summed E-state index contributed by atoms with van der Waals surface area (Å²) in [6, 6.07) is 11.5. The molecule has 0 unspecified atom stereocenters. The molecule has 2 aromatic rings. The summed E-state index contributed by atoms with van der Waals surface area (Å²) in [5.41, 5.74) is 1.40. The molecule has 132 valence electrons. The average Bonchev–Trinajstić information content (AvgIpc) is 3.40. The van der Waals surface area contributed by atoms with Crippen molar-refractivity contribution in [2.75, 3.05) is 0 Å². The molecule has 0 spiro atoms. The van der Waals surface area contributed by atoms with E-state index in [-0.39, 0.29) is 23.0 Å². The summed E-state index contributed by atoms with van der Waals surface area (Å²) >= 11 is 12.0. The van der Waals surface area contributed by atoms with E-state index in [1.165, 1.54) is 12.1 Å². The topological polar surface area (TPSA) is 41.1 Å². The van der Waals surface area contributed by atoms with Crippen molar-refractivity contribution in [1.82, 2.24) is 10.6 Å². The van der Waals surface area contributed by atoms with Gasteiger partial charge in [0.15, 0.2) is 0 Å². The minimum absolute atomic E-state index is 0.0213. The normalized spacial score (nSPS) is 16.3. The van der Waals surface area contributed by atoms with E-state index in [0.717, 1.165) is 18.4 Å². The number of carbonyl (C=O) groups is 1. The van der Waals surface area contributed by atoms with Gasteiger partial charge < -0.3 is 5.32 Å². The Balaban J connectivity index is 1.84. The molecule has 1 fully saturated rings. The maximum absolute atomic E-state index is 13.8. The Morgan fingerprint density at radius 1 is 1.16 bits per heavy atom. The summed E-state index contributed by atoms with van der Waals surface area (Å²) in [4.78, 5) is 12.7. The molecule has 6 heteroatoms. The summed E-state index contributed by atoms with van der Waals surface area (Å²) in [5, 5.41) is 6.62. The highest BCUT2D eigenvalue weighted by atomic mass is 35.5. The van der Waals surface area contributed by atoms with Crippen molar-refractivity contribution < 1.29 is 9.18 Å². The average molecular weight is 381 g/mol. The highest BCUT2D eigenvalue weighted by Gasteiger charge is 2.29. The molecule has 2 N–H and O–H groups in total. The smallest absolute Gasteiger partial charge is 0.241 e. The van der Waals surface area contributed by atoms with Crippen LogP contribution in [0.3, 0.4) is 0 Å². The number of benzene rings is 2. The fraction of sp³-hybridized carbons (Fsp3) is 0.316. The highest BCUT2D eigenvalue weighted by molar-refractivity contribution is 6.35. The fourth-order valence-corrected chi connectivity index (χ4v) is 3.24. The Labute approximate surface area is 156 Å². The lowest BCUT2D eigenvalue weighted by Crippen LogP contribution is -2.39. The molecule has 1 aliphatic rings. The van der Waals surface area contributed by atoms with Crippen molar-refractivity contribution in [3.05, 3.63) is 69.5 Å². The third-order valence-electron chi connectivity index (χ3n) is 4.24.